The van der Waals surface area contributed by atoms with Crippen molar-refractivity contribution in [2.45, 2.75) is 12.5 Å². The SMILES string of the molecule is C=CC(=O)Nc1cc2c(NC)ncnc2cc1O[C@H]1CCOC1. The largest absolute Gasteiger partial charge is 0.486 e. The van der Waals surface area contributed by atoms with Crippen LogP contribution in [-0.4, -0.2) is 42.2 Å². The van der Waals surface area contributed by atoms with E-state index in [1.807, 2.05) is 0 Å². The van der Waals surface area contributed by atoms with Crippen molar-refractivity contribution >= 4 is 28.3 Å². The molecular weight excluding hydrogens is 296 g/mol. The van der Waals surface area contributed by atoms with Crippen LogP contribution in [0, 0.1) is 0 Å². The van der Waals surface area contributed by atoms with Gasteiger partial charge in [-0.3, -0.25) is 4.79 Å². The van der Waals surface area contributed by atoms with Gasteiger partial charge in [0.25, 0.3) is 0 Å². The molecule has 7 heteroatoms. The molecule has 23 heavy (non-hydrogen) atoms. The van der Waals surface area contributed by atoms with E-state index in [0.717, 1.165) is 17.3 Å². The standard InChI is InChI=1S/C16H18N4O3/c1-3-15(21)20-13-6-11-12(18-9-19-16(11)17-2)7-14(13)23-10-4-5-22-8-10/h3,6-7,9-10H,1,4-5,8H2,2H3,(H,20,21)(H,17,18,19)/t10-/m0/s1. The number of amides is 1. The maximum atomic E-state index is 11.7. The molecule has 1 saturated heterocycles. The van der Waals surface area contributed by atoms with E-state index in [0.29, 0.717) is 30.5 Å². The molecular formula is C16H18N4O3. The molecule has 0 spiro atoms. The van der Waals surface area contributed by atoms with Crippen molar-refractivity contribution in [1.29, 1.82) is 0 Å². The van der Waals surface area contributed by atoms with Crippen LogP contribution >= 0.6 is 0 Å². The fraction of sp³-hybridized carbons (Fsp3) is 0.312. The number of carbonyl (C=O) groups excluding carboxylic acids is 1. The van der Waals surface area contributed by atoms with Crippen LogP contribution in [0.2, 0.25) is 0 Å². The van der Waals surface area contributed by atoms with E-state index in [-0.39, 0.29) is 12.0 Å². The van der Waals surface area contributed by atoms with Gasteiger partial charge in [-0.15, -0.1) is 0 Å². The van der Waals surface area contributed by atoms with Crippen LogP contribution in [0.4, 0.5) is 11.5 Å². The molecule has 1 aliphatic rings. The lowest BCUT2D eigenvalue weighted by molar-refractivity contribution is -0.111. The second-order valence-electron chi connectivity index (χ2n) is 5.13. The van der Waals surface area contributed by atoms with Crippen molar-refractivity contribution in [3.05, 3.63) is 31.1 Å². The third-order valence-electron chi connectivity index (χ3n) is 3.60. The molecule has 0 saturated carbocycles. The Labute approximate surface area is 133 Å². The first-order chi connectivity index (χ1) is 11.2. The predicted molar refractivity (Wildman–Crippen MR) is 87.8 cm³/mol. The van der Waals surface area contributed by atoms with Crippen molar-refractivity contribution < 1.29 is 14.3 Å². The monoisotopic (exact) mass is 314 g/mol. The lowest BCUT2D eigenvalue weighted by Gasteiger charge is -2.17. The zero-order chi connectivity index (χ0) is 16.2. The van der Waals surface area contributed by atoms with Crippen LogP contribution in [0.1, 0.15) is 6.42 Å². The zero-order valence-electron chi connectivity index (χ0n) is 12.8. The first kappa shape index (κ1) is 15.2. The average molecular weight is 314 g/mol. The highest BCUT2D eigenvalue weighted by atomic mass is 16.5. The van der Waals surface area contributed by atoms with Gasteiger partial charge in [-0.05, 0) is 12.1 Å². The van der Waals surface area contributed by atoms with Gasteiger partial charge in [0.1, 0.15) is 24.0 Å². The quantitative estimate of drug-likeness (QED) is 0.821. The molecule has 1 aliphatic heterocycles. The van der Waals surface area contributed by atoms with Crippen molar-refractivity contribution in [2.75, 3.05) is 30.9 Å². The van der Waals surface area contributed by atoms with Crippen LogP contribution in [0.5, 0.6) is 5.75 Å². The van der Waals surface area contributed by atoms with Crippen LogP contribution in [0.25, 0.3) is 10.9 Å². The number of nitrogens with zero attached hydrogens (tertiary/aromatic N) is 2. The Morgan fingerprint density at radius 2 is 2.35 bits per heavy atom. The molecule has 0 aliphatic carbocycles. The number of fused-ring (bicyclic) bond motifs is 1. The molecule has 2 N–H and O–H groups in total. The van der Waals surface area contributed by atoms with E-state index in [1.54, 1.807) is 19.2 Å². The summed E-state index contributed by atoms with van der Waals surface area (Å²) in [5.74, 6) is 0.934. The first-order valence-corrected chi connectivity index (χ1v) is 7.35. The second kappa shape index (κ2) is 6.62. The molecule has 0 radical (unpaired) electrons. The van der Waals surface area contributed by atoms with Crippen molar-refractivity contribution in [3.8, 4) is 5.75 Å². The van der Waals surface area contributed by atoms with Gasteiger partial charge in [0.05, 0.1) is 24.4 Å². The molecule has 1 aromatic carbocycles. The Morgan fingerprint density at radius 1 is 1.48 bits per heavy atom. The number of anilines is 2. The van der Waals surface area contributed by atoms with E-state index in [2.05, 4.69) is 27.2 Å². The maximum Gasteiger partial charge on any atom is 0.247 e. The predicted octanol–water partition coefficient (Wildman–Crippen LogP) is 1.96. The minimum Gasteiger partial charge on any atom is -0.486 e. The third kappa shape index (κ3) is 3.24. The maximum absolute atomic E-state index is 11.7. The van der Waals surface area contributed by atoms with Gasteiger partial charge in [0.15, 0.2) is 0 Å². The highest BCUT2D eigenvalue weighted by Crippen LogP contribution is 2.33. The molecule has 0 bridgehead atoms. The van der Waals surface area contributed by atoms with Crippen LogP contribution in [-0.2, 0) is 9.53 Å². The fourth-order valence-corrected chi connectivity index (χ4v) is 2.45. The minimum absolute atomic E-state index is 0.0301. The zero-order valence-corrected chi connectivity index (χ0v) is 12.8. The Bertz CT molecular complexity index is 741. The Balaban J connectivity index is 2.04. The van der Waals surface area contributed by atoms with Gasteiger partial charge in [0, 0.05) is 24.9 Å². The van der Waals surface area contributed by atoms with Crippen LogP contribution in [0.15, 0.2) is 31.1 Å². The summed E-state index contributed by atoms with van der Waals surface area (Å²) in [6.07, 6.45) is 3.49. The molecule has 1 amide bonds. The molecule has 120 valence electrons. The normalized spacial score (nSPS) is 17.0. The van der Waals surface area contributed by atoms with E-state index in [9.17, 15) is 4.79 Å². The summed E-state index contributed by atoms with van der Waals surface area (Å²) in [6, 6.07) is 3.60. The highest BCUT2D eigenvalue weighted by Gasteiger charge is 2.20. The van der Waals surface area contributed by atoms with Gasteiger partial charge < -0.3 is 20.1 Å². The summed E-state index contributed by atoms with van der Waals surface area (Å²) in [6.45, 7) is 4.70. The lowest BCUT2D eigenvalue weighted by Crippen LogP contribution is -2.18. The molecule has 7 nitrogen and oxygen atoms in total. The number of carbonyl (C=O) groups is 1. The Hall–Kier alpha value is -2.67. The third-order valence-corrected chi connectivity index (χ3v) is 3.60. The van der Waals surface area contributed by atoms with Gasteiger partial charge in [-0.25, -0.2) is 9.97 Å². The summed E-state index contributed by atoms with van der Waals surface area (Å²) < 4.78 is 11.3. The van der Waals surface area contributed by atoms with Crippen LogP contribution < -0.4 is 15.4 Å². The van der Waals surface area contributed by atoms with Gasteiger partial charge in [-0.1, -0.05) is 6.58 Å². The van der Waals surface area contributed by atoms with E-state index >= 15 is 0 Å². The molecule has 3 rings (SSSR count). The Morgan fingerprint density at radius 3 is 3.04 bits per heavy atom. The number of rotatable bonds is 5. The summed E-state index contributed by atoms with van der Waals surface area (Å²) >= 11 is 0. The number of hydrogen-bond acceptors (Lipinski definition) is 6. The number of nitrogens with one attached hydrogen (secondary N) is 2. The molecule has 1 aromatic heterocycles. The number of ether oxygens (including phenoxy) is 2. The number of benzene rings is 1. The number of aromatic nitrogens is 2. The van der Waals surface area contributed by atoms with E-state index in [4.69, 9.17) is 9.47 Å². The van der Waals surface area contributed by atoms with Crippen molar-refractivity contribution in [1.82, 2.24) is 9.97 Å². The highest BCUT2D eigenvalue weighted by molar-refractivity contribution is 6.03. The summed E-state index contributed by atoms with van der Waals surface area (Å²) in [5, 5.41) is 6.58. The van der Waals surface area contributed by atoms with E-state index in [1.165, 1.54) is 12.4 Å². The smallest absolute Gasteiger partial charge is 0.247 e. The summed E-state index contributed by atoms with van der Waals surface area (Å²) in [5.41, 5.74) is 1.29. The van der Waals surface area contributed by atoms with Crippen molar-refractivity contribution in [3.63, 3.8) is 0 Å². The van der Waals surface area contributed by atoms with E-state index < -0.39 is 0 Å². The van der Waals surface area contributed by atoms with Gasteiger partial charge in [-0.2, -0.15) is 0 Å². The lowest BCUT2D eigenvalue weighted by atomic mass is 10.2. The topological polar surface area (TPSA) is 85.4 Å². The van der Waals surface area contributed by atoms with Crippen molar-refractivity contribution in [2.24, 2.45) is 0 Å². The van der Waals surface area contributed by atoms with Gasteiger partial charge in [0.2, 0.25) is 5.91 Å². The Kier molecular flexibility index (Phi) is 4.38. The molecule has 2 aromatic rings. The molecule has 1 atom stereocenters. The van der Waals surface area contributed by atoms with Gasteiger partial charge >= 0.3 is 0 Å². The molecule has 2 heterocycles. The average Bonchev–Trinajstić information content (AvgIpc) is 3.07. The van der Waals surface area contributed by atoms with Crippen LogP contribution in [0.3, 0.4) is 0 Å². The number of hydrogen-bond donors (Lipinski definition) is 2. The minimum atomic E-state index is -0.306. The second-order valence-corrected chi connectivity index (χ2v) is 5.13. The molecule has 0 unspecified atom stereocenters. The summed E-state index contributed by atoms with van der Waals surface area (Å²) in [4.78, 5) is 20.2. The molecule has 1 fully saturated rings. The first-order valence-electron chi connectivity index (χ1n) is 7.35. The summed E-state index contributed by atoms with van der Waals surface area (Å²) in [7, 11) is 1.78. The fourth-order valence-electron chi connectivity index (χ4n) is 2.45.